The Morgan fingerprint density at radius 2 is 2.00 bits per heavy atom. The number of rotatable bonds is 1. The van der Waals surface area contributed by atoms with Gasteiger partial charge in [0.15, 0.2) is 11.5 Å². The van der Waals surface area contributed by atoms with Gasteiger partial charge in [0.2, 0.25) is 0 Å². The van der Waals surface area contributed by atoms with Crippen molar-refractivity contribution in [3.05, 3.63) is 29.2 Å². The third kappa shape index (κ3) is 1.65. The van der Waals surface area contributed by atoms with E-state index in [9.17, 15) is 0 Å². The Bertz CT molecular complexity index is 376. The maximum atomic E-state index is 5.72. The van der Waals surface area contributed by atoms with Gasteiger partial charge in [-0.25, -0.2) is 0 Å². The summed E-state index contributed by atoms with van der Waals surface area (Å²) in [5.41, 5.74) is 7.22. The lowest BCUT2D eigenvalue weighted by Gasteiger charge is -2.18. The van der Waals surface area contributed by atoms with Gasteiger partial charge in [0.25, 0.3) is 0 Å². The standard InChI is InChI=1S/C10H11NO2S/c11-8(6-14)7-1-2-9-10(5-7)13-4-3-12-9/h1-2,5-6,14H,3-4,11H2/b8-6-. The third-order valence-electron chi connectivity index (χ3n) is 2.01. The van der Waals surface area contributed by atoms with Crippen molar-refractivity contribution < 1.29 is 9.47 Å². The first-order valence-corrected chi connectivity index (χ1v) is 4.83. The fourth-order valence-corrected chi connectivity index (χ4v) is 1.45. The third-order valence-corrected chi connectivity index (χ3v) is 2.29. The molecule has 4 heteroatoms. The number of benzene rings is 1. The highest BCUT2D eigenvalue weighted by atomic mass is 32.1. The lowest BCUT2D eigenvalue weighted by Crippen LogP contribution is -2.15. The largest absolute Gasteiger partial charge is 0.486 e. The van der Waals surface area contributed by atoms with Crippen molar-refractivity contribution in [1.82, 2.24) is 0 Å². The van der Waals surface area contributed by atoms with Gasteiger partial charge in [0, 0.05) is 11.3 Å². The Labute approximate surface area is 87.9 Å². The zero-order valence-corrected chi connectivity index (χ0v) is 8.46. The molecule has 1 aliphatic heterocycles. The molecule has 2 N–H and O–H groups in total. The number of fused-ring (bicyclic) bond motifs is 1. The predicted octanol–water partition coefficient (Wildman–Crippen LogP) is 1.64. The molecule has 0 fully saturated rings. The molecule has 0 radical (unpaired) electrons. The molecule has 1 aliphatic rings. The van der Waals surface area contributed by atoms with Crippen LogP contribution in [0.25, 0.3) is 5.70 Å². The molecule has 1 aromatic rings. The van der Waals surface area contributed by atoms with Gasteiger partial charge in [0.05, 0.1) is 0 Å². The van der Waals surface area contributed by atoms with Gasteiger partial charge in [-0.3, -0.25) is 0 Å². The van der Waals surface area contributed by atoms with E-state index in [1.807, 2.05) is 18.2 Å². The summed E-state index contributed by atoms with van der Waals surface area (Å²) < 4.78 is 10.8. The first-order chi connectivity index (χ1) is 6.81. The van der Waals surface area contributed by atoms with Gasteiger partial charge in [-0.15, -0.1) is 12.6 Å². The van der Waals surface area contributed by atoms with Crippen LogP contribution in [-0.4, -0.2) is 13.2 Å². The van der Waals surface area contributed by atoms with Crippen molar-refractivity contribution in [2.45, 2.75) is 0 Å². The maximum Gasteiger partial charge on any atom is 0.162 e. The Balaban J connectivity index is 2.38. The van der Waals surface area contributed by atoms with Gasteiger partial charge in [-0.2, -0.15) is 0 Å². The van der Waals surface area contributed by atoms with Gasteiger partial charge >= 0.3 is 0 Å². The number of ether oxygens (including phenoxy) is 2. The molecule has 3 nitrogen and oxygen atoms in total. The van der Waals surface area contributed by atoms with Crippen LogP contribution in [-0.2, 0) is 0 Å². The molecule has 0 bridgehead atoms. The van der Waals surface area contributed by atoms with Crippen LogP contribution in [0.15, 0.2) is 23.6 Å². The summed E-state index contributed by atoms with van der Waals surface area (Å²) in [5, 5.41) is 1.56. The second-order valence-corrected chi connectivity index (χ2v) is 3.20. The minimum absolute atomic E-state index is 0.584. The SMILES string of the molecule is N/C(=C\S)c1ccc2c(c1)OCCO2. The Morgan fingerprint density at radius 1 is 1.29 bits per heavy atom. The summed E-state index contributed by atoms with van der Waals surface area (Å²) in [5.74, 6) is 1.51. The minimum atomic E-state index is 0.584. The van der Waals surface area contributed by atoms with E-state index >= 15 is 0 Å². The fraction of sp³-hybridized carbons (Fsp3) is 0.200. The van der Waals surface area contributed by atoms with Crippen molar-refractivity contribution in [2.24, 2.45) is 5.73 Å². The van der Waals surface area contributed by atoms with Crippen LogP contribution in [0, 0.1) is 0 Å². The van der Waals surface area contributed by atoms with Gasteiger partial charge in [-0.1, -0.05) is 0 Å². The zero-order valence-electron chi connectivity index (χ0n) is 7.56. The maximum absolute atomic E-state index is 5.72. The van der Waals surface area contributed by atoms with Crippen molar-refractivity contribution in [2.75, 3.05) is 13.2 Å². The molecule has 0 amide bonds. The van der Waals surface area contributed by atoms with E-state index < -0.39 is 0 Å². The molecule has 1 heterocycles. The van der Waals surface area contributed by atoms with Gasteiger partial charge in [0.1, 0.15) is 13.2 Å². The molecule has 0 aromatic heterocycles. The predicted molar refractivity (Wildman–Crippen MR) is 58.6 cm³/mol. The molecular formula is C10H11NO2S. The highest BCUT2D eigenvalue weighted by Gasteiger charge is 2.11. The molecule has 0 saturated heterocycles. The van der Waals surface area contributed by atoms with Crippen LogP contribution >= 0.6 is 12.6 Å². The smallest absolute Gasteiger partial charge is 0.162 e. The normalized spacial score (nSPS) is 15.4. The van der Waals surface area contributed by atoms with Crippen LogP contribution in [0.2, 0.25) is 0 Å². The zero-order chi connectivity index (χ0) is 9.97. The highest BCUT2D eigenvalue weighted by Crippen LogP contribution is 2.31. The van der Waals surface area contributed by atoms with E-state index in [2.05, 4.69) is 12.6 Å². The first-order valence-electron chi connectivity index (χ1n) is 4.31. The molecule has 74 valence electrons. The van der Waals surface area contributed by atoms with Crippen molar-refractivity contribution in [1.29, 1.82) is 0 Å². The van der Waals surface area contributed by atoms with Crippen molar-refractivity contribution in [3.63, 3.8) is 0 Å². The van der Waals surface area contributed by atoms with Crippen molar-refractivity contribution in [3.8, 4) is 11.5 Å². The lowest BCUT2D eigenvalue weighted by molar-refractivity contribution is 0.171. The van der Waals surface area contributed by atoms with Crippen LogP contribution in [0.5, 0.6) is 11.5 Å². The molecular weight excluding hydrogens is 198 g/mol. The number of nitrogens with two attached hydrogens (primary N) is 1. The Hall–Kier alpha value is -1.29. The first kappa shape index (κ1) is 9.27. The van der Waals surface area contributed by atoms with Crippen molar-refractivity contribution >= 4 is 18.3 Å². The van der Waals surface area contributed by atoms with Gasteiger partial charge < -0.3 is 15.2 Å². The summed E-state index contributed by atoms with van der Waals surface area (Å²) in [6.45, 7) is 1.19. The van der Waals surface area contributed by atoms with E-state index in [1.54, 1.807) is 5.41 Å². The molecule has 2 rings (SSSR count). The Morgan fingerprint density at radius 3 is 2.71 bits per heavy atom. The molecule has 14 heavy (non-hydrogen) atoms. The van der Waals surface area contributed by atoms with E-state index in [4.69, 9.17) is 15.2 Å². The molecule has 0 unspecified atom stereocenters. The van der Waals surface area contributed by atoms with E-state index in [1.165, 1.54) is 0 Å². The number of hydrogen-bond donors (Lipinski definition) is 2. The molecule has 0 aliphatic carbocycles. The second-order valence-electron chi connectivity index (χ2n) is 2.94. The summed E-state index contributed by atoms with van der Waals surface area (Å²) in [7, 11) is 0. The van der Waals surface area contributed by atoms with Crippen LogP contribution in [0.3, 0.4) is 0 Å². The summed E-state index contributed by atoms with van der Waals surface area (Å²) in [4.78, 5) is 0. The lowest BCUT2D eigenvalue weighted by atomic mass is 10.1. The Kier molecular flexibility index (Phi) is 2.54. The van der Waals surface area contributed by atoms with Crippen LogP contribution in [0.1, 0.15) is 5.56 Å². The second kappa shape index (κ2) is 3.84. The minimum Gasteiger partial charge on any atom is -0.486 e. The summed E-state index contributed by atoms with van der Waals surface area (Å²) in [6, 6.07) is 5.60. The number of hydrogen-bond acceptors (Lipinski definition) is 4. The summed E-state index contributed by atoms with van der Waals surface area (Å²) >= 11 is 3.99. The molecule has 1 aromatic carbocycles. The molecule has 0 atom stereocenters. The summed E-state index contributed by atoms with van der Waals surface area (Å²) in [6.07, 6.45) is 0. The fourth-order valence-electron chi connectivity index (χ4n) is 1.30. The molecule has 0 spiro atoms. The topological polar surface area (TPSA) is 44.5 Å². The van der Waals surface area contributed by atoms with E-state index in [-0.39, 0.29) is 0 Å². The monoisotopic (exact) mass is 209 g/mol. The average molecular weight is 209 g/mol. The number of thiol groups is 1. The van der Waals surface area contributed by atoms with E-state index in [0.717, 1.165) is 17.1 Å². The average Bonchev–Trinajstić information content (AvgIpc) is 2.27. The van der Waals surface area contributed by atoms with Crippen LogP contribution < -0.4 is 15.2 Å². The quantitative estimate of drug-likeness (QED) is 0.691. The molecule has 0 saturated carbocycles. The van der Waals surface area contributed by atoms with E-state index in [0.29, 0.717) is 18.9 Å². The van der Waals surface area contributed by atoms with Gasteiger partial charge in [-0.05, 0) is 23.6 Å². The van der Waals surface area contributed by atoms with Crippen LogP contribution in [0.4, 0.5) is 0 Å². The highest BCUT2D eigenvalue weighted by molar-refractivity contribution is 7.83.